The third kappa shape index (κ3) is 1.99. The largest absolute Gasteiger partial charge is 0.478 e. The van der Waals surface area contributed by atoms with Gasteiger partial charge in [0.15, 0.2) is 0 Å². The Morgan fingerprint density at radius 3 is 2.86 bits per heavy atom. The fraction of sp³-hybridized carbons (Fsp3) is 0. The molecule has 0 unspecified atom stereocenters. The third-order valence-corrected chi connectivity index (χ3v) is 3.02. The molecule has 7 heteroatoms. The molecule has 6 nitrogen and oxygen atoms in total. The smallest absolute Gasteiger partial charge is 0.335 e. The quantitative estimate of drug-likeness (QED) is 0.777. The fourth-order valence-electron chi connectivity index (χ4n) is 2.03. The number of fused-ring (bicyclic) bond motifs is 1. The molecule has 21 heavy (non-hydrogen) atoms. The summed E-state index contributed by atoms with van der Waals surface area (Å²) in [5.41, 5.74) is 0.929. The highest BCUT2D eigenvalue weighted by Crippen LogP contribution is 2.22. The average molecular weight is 282 g/mol. The Balaban J connectivity index is 2.31. The third-order valence-electron chi connectivity index (χ3n) is 3.02. The molecule has 0 aliphatic rings. The molecule has 0 saturated heterocycles. The summed E-state index contributed by atoms with van der Waals surface area (Å²) in [4.78, 5) is 11.0. The van der Waals surface area contributed by atoms with E-state index >= 15 is 0 Å². The molecule has 3 rings (SSSR count). The van der Waals surface area contributed by atoms with Crippen LogP contribution in [0.25, 0.3) is 16.7 Å². The Labute approximate surface area is 117 Å². The zero-order valence-electron chi connectivity index (χ0n) is 10.5. The second kappa shape index (κ2) is 4.68. The van der Waals surface area contributed by atoms with Gasteiger partial charge in [0.2, 0.25) is 0 Å². The first-order valence-electron chi connectivity index (χ1n) is 5.89. The fourth-order valence-corrected chi connectivity index (χ4v) is 2.03. The number of hydrogen-bond acceptors (Lipinski definition) is 4. The number of nitrogens with zero attached hydrogens (tertiary/aromatic N) is 4. The summed E-state index contributed by atoms with van der Waals surface area (Å²) in [6.45, 7) is 0. The monoisotopic (exact) mass is 282 g/mol. The molecular weight excluding hydrogens is 275 g/mol. The molecule has 1 heterocycles. The minimum Gasteiger partial charge on any atom is -0.478 e. The van der Waals surface area contributed by atoms with E-state index in [2.05, 4.69) is 10.3 Å². The standard InChI is InChI=1S/C14H7FN4O2/c15-10-2-1-3-12(9(10)7-16)19-13-6-8(14(20)21)4-5-11(13)17-18-19/h1-6H,(H,20,21). The van der Waals surface area contributed by atoms with Gasteiger partial charge in [0.25, 0.3) is 0 Å². The number of hydrogen-bond donors (Lipinski definition) is 1. The van der Waals surface area contributed by atoms with Crippen molar-refractivity contribution < 1.29 is 14.3 Å². The van der Waals surface area contributed by atoms with Crippen LogP contribution < -0.4 is 0 Å². The van der Waals surface area contributed by atoms with E-state index in [1.807, 2.05) is 0 Å². The van der Waals surface area contributed by atoms with Crippen molar-refractivity contribution in [2.75, 3.05) is 0 Å². The van der Waals surface area contributed by atoms with Crippen LogP contribution in [0.15, 0.2) is 36.4 Å². The second-order valence-corrected chi connectivity index (χ2v) is 4.26. The lowest BCUT2D eigenvalue weighted by molar-refractivity contribution is 0.0697. The van der Waals surface area contributed by atoms with Crippen LogP contribution in [0.2, 0.25) is 0 Å². The Bertz CT molecular complexity index is 911. The molecule has 0 saturated carbocycles. The minimum absolute atomic E-state index is 0.0564. The lowest BCUT2D eigenvalue weighted by Gasteiger charge is -2.05. The van der Waals surface area contributed by atoms with Crippen LogP contribution in [-0.4, -0.2) is 26.1 Å². The van der Waals surface area contributed by atoms with Gasteiger partial charge in [-0.1, -0.05) is 11.3 Å². The van der Waals surface area contributed by atoms with Crippen molar-refractivity contribution in [3.05, 3.63) is 53.3 Å². The molecule has 0 spiro atoms. The Kier molecular flexibility index (Phi) is 2.84. The van der Waals surface area contributed by atoms with Gasteiger partial charge >= 0.3 is 5.97 Å². The van der Waals surface area contributed by atoms with E-state index in [9.17, 15) is 9.18 Å². The normalized spacial score (nSPS) is 10.5. The van der Waals surface area contributed by atoms with Crippen LogP contribution in [0.4, 0.5) is 4.39 Å². The van der Waals surface area contributed by atoms with Gasteiger partial charge in [-0.05, 0) is 30.3 Å². The molecule has 0 atom stereocenters. The lowest BCUT2D eigenvalue weighted by atomic mass is 10.1. The molecular formula is C14H7FN4O2. The van der Waals surface area contributed by atoms with Crippen LogP contribution in [0, 0.1) is 17.1 Å². The number of carboxylic acid groups (broad SMARTS) is 1. The average Bonchev–Trinajstić information content (AvgIpc) is 2.89. The highest BCUT2D eigenvalue weighted by atomic mass is 19.1. The Morgan fingerprint density at radius 1 is 1.33 bits per heavy atom. The summed E-state index contributed by atoms with van der Waals surface area (Å²) in [5.74, 6) is -1.77. The number of rotatable bonds is 2. The molecule has 1 N–H and O–H groups in total. The van der Waals surface area contributed by atoms with Gasteiger partial charge in [-0.2, -0.15) is 5.26 Å². The number of halogens is 1. The van der Waals surface area contributed by atoms with E-state index < -0.39 is 11.8 Å². The maximum atomic E-state index is 13.7. The van der Waals surface area contributed by atoms with Crippen molar-refractivity contribution in [1.29, 1.82) is 5.26 Å². The van der Waals surface area contributed by atoms with E-state index in [0.717, 1.165) is 0 Å². The molecule has 0 fully saturated rings. The van der Waals surface area contributed by atoms with E-state index in [0.29, 0.717) is 11.0 Å². The molecule has 0 aliphatic heterocycles. The summed E-state index contributed by atoms with van der Waals surface area (Å²) in [6.07, 6.45) is 0. The van der Waals surface area contributed by atoms with E-state index in [4.69, 9.17) is 10.4 Å². The van der Waals surface area contributed by atoms with Crippen molar-refractivity contribution >= 4 is 17.0 Å². The number of aromatic nitrogens is 3. The number of aromatic carboxylic acids is 1. The number of carboxylic acids is 1. The van der Waals surface area contributed by atoms with Crippen molar-refractivity contribution in [2.45, 2.75) is 0 Å². The van der Waals surface area contributed by atoms with Crippen molar-refractivity contribution in [1.82, 2.24) is 15.0 Å². The highest BCUT2D eigenvalue weighted by molar-refractivity contribution is 5.92. The maximum absolute atomic E-state index is 13.7. The molecule has 2 aromatic carbocycles. The van der Waals surface area contributed by atoms with Crippen molar-refractivity contribution in [2.24, 2.45) is 0 Å². The second-order valence-electron chi connectivity index (χ2n) is 4.26. The van der Waals surface area contributed by atoms with Gasteiger partial charge in [0, 0.05) is 0 Å². The van der Waals surface area contributed by atoms with Crippen LogP contribution in [0.1, 0.15) is 15.9 Å². The van der Waals surface area contributed by atoms with Gasteiger partial charge < -0.3 is 5.11 Å². The zero-order valence-corrected chi connectivity index (χ0v) is 10.5. The number of benzene rings is 2. The number of nitriles is 1. The molecule has 102 valence electrons. The predicted octanol–water partition coefficient (Wildman–Crippen LogP) is 2.13. The van der Waals surface area contributed by atoms with Crippen LogP contribution in [0.5, 0.6) is 0 Å². The lowest BCUT2D eigenvalue weighted by Crippen LogP contribution is -2.02. The Hall–Kier alpha value is -3.27. The molecule has 1 aromatic heterocycles. The first kappa shape index (κ1) is 12.7. The van der Waals surface area contributed by atoms with E-state index in [1.54, 1.807) is 6.07 Å². The van der Waals surface area contributed by atoms with Gasteiger partial charge in [-0.25, -0.2) is 13.9 Å². The van der Waals surface area contributed by atoms with E-state index in [-0.39, 0.29) is 16.8 Å². The summed E-state index contributed by atoms with van der Waals surface area (Å²) in [7, 11) is 0. The summed E-state index contributed by atoms with van der Waals surface area (Å²) < 4.78 is 14.9. The first-order chi connectivity index (χ1) is 10.1. The molecule has 0 radical (unpaired) electrons. The SMILES string of the molecule is N#Cc1c(F)cccc1-n1nnc2ccc(C(=O)O)cc21. The van der Waals surface area contributed by atoms with Gasteiger partial charge in [0.1, 0.15) is 23.0 Å². The highest BCUT2D eigenvalue weighted by Gasteiger charge is 2.15. The van der Waals surface area contributed by atoms with Gasteiger partial charge in [-0.3, -0.25) is 0 Å². The van der Waals surface area contributed by atoms with Crippen molar-refractivity contribution in [3.63, 3.8) is 0 Å². The predicted molar refractivity (Wildman–Crippen MR) is 70.5 cm³/mol. The molecule has 3 aromatic rings. The van der Waals surface area contributed by atoms with E-state index in [1.165, 1.54) is 41.1 Å². The summed E-state index contributed by atoms with van der Waals surface area (Å²) >= 11 is 0. The molecule has 0 amide bonds. The molecule has 0 aliphatic carbocycles. The topological polar surface area (TPSA) is 91.8 Å². The first-order valence-corrected chi connectivity index (χ1v) is 5.89. The maximum Gasteiger partial charge on any atom is 0.335 e. The summed E-state index contributed by atoms with van der Waals surface area (Å²) in [5, 5.41) is 25.9. The van der Waals surface area contributed by atoms with Crippen LogP contribution in [0.3, 0.4) is 0 Å². The summed E-state index contributed by atoms with van der Waals surface area (Å²) in [6, 6.07) is 10.2. The van der Waals surface area contributed by atoms with Crippen LogP contribution in [-0.2, 0) is 0 Å². The van der Waals surface area contributed by atoms with Gasteiger partial charge in [-0.15, -0.1) is 5.10 Å². The van der Waals surface area contributed by atoms with Crippen LogP contribution >= 0.6 is 0 Å². The zero-order chi connectivity index (χ0) is 15.0. The Morgan fingerprint density at radius 2 is 2.14 bits per heavy atom. The minimum atomic E-state index is -1.09. The molecule has 0 bridgehead atoms. The van der Waals surface area contributed by atoms with Crippen molar-refractivity contribution in [3.8, 4) is 11.8 Å². The van der Waals surface area contributed by atoms with Gasteiger partial charge in [0.05, 0.1) is 16.8 Å². The number of carbonyl (C=O) groups is 1.